The average molecular weight is 215 g/mol. The van der Waals surface area contributed by atoms with E-state index in [4.69, 9.17) is 0 Å². The summed E-state index contributed by atoms with van der Waals surface area (Å²) in [4.78, 5) is 21.2. The molecule has 1 N–H and O–H groups in total. The summed E-state index contributed by atoms with van der Waals surface area (Å²) >= 11 is 0. The zero-order valence-electron chi connectivity index (χ0n) is 9.16. The number of fused-ring (bicyclic) bond motifs is 1. The maximum absolute atomic E-state index is 12.0. The Bertz CT molecular complexity index is 554. The molecule has 1 fully saturated rings. The van der Waals surface area contributed by atoms with Gasteiger partial charge in [0, 0.05) is 18.7 Å². The summed E-state index contributed by atoms with van der Waals surface area (Å²) in [5, 5.41) is 0. The molecule has 0 saturated carbocycles. The number of hydrogen-bond acceptors (Lipinski definition) is 2. The van der Waals surface area contributed by atoms with E-state index in [2.05, 4.69) is 9.97 Å². The summed E-state index contributed by atoms with van der Waals surface area (Å²) in [6.45, 7) is 3.76. The van der Waals surface area contributed by atoms with E-state index >= 15 is 0 Å². The first-order chi connectivity index (χ1) is 7.75. The average Bonchev–Trinajstić information content (AvgIpc) is 2.63. The van der Waals surface area contributed by atoms with E-state index in [9.17, 15) is 4.79 Å². The molecule has 1 saturated heterocycles. The monoisotopic (exact) mass is 215 g/mol. The van der Waals surface area contributed by atoms with E-state index in [0.717, 1.165) is 41.7 Å². The lowest BCUT2D eigenvalue weighted by molar-refractivity contribution is 0.0652. The Kier molecular flexibility index (Phi) is 1.96. The zero-order chi connectivity index (χ0) is 11.1. The van der Waals surface area contributed by atoms with Gasteiger partial charge >= 0.3 is 0 Å². The lowest BCUT2D eigenvalue weighted by Crippen LogP contribution is -2.42. The summed E-state index contributed by atoms with van der Waals surface area (Å²) in [6, 6.07) is 3.81. The van der Waals surface area contributed by atoms with Gasteiger partial charge in [0.25, 0.3) is 5.91 Å². The normalized spacial score (nSPS) is 15.2. The molecule has 4 nitrogen and oxygen atoms in total. The van der Waals surface area contributed by atoms with Gasteiger partial charge in [0.2, 0.25) is 0 Å². The molecule has 2 heterocycles. The second kappa shape index (κ2) is 3.33. The quantitative estimate of drug-likeness (QED) is 0.787. The molecule has 0 atom stereocenters. The van der Waals surface area contributed by atoms with Crippen LogP contribution in [0, 0.1) is 6.92 Å². The molecule has 16 heavy (non-hydrogen) atoms. The van der Waals surface area contributed by atoms with Crippen molar-refractivity contribution >= 4 is 16.9 Å². The van der Waals surface area contributed by atoms with Crippen LogP contribution in [0.4, 0.5) is 0 Å². The van der Waals surface area contributed by atoms with E-state index in [0.29, 0.717) is 0 Å². The number of carbonyl (C=O) groups is 1. The van der Waals surface area contributed by atoms with Crippen molar-refractivity contribution in [2.24, 2.45) is 0 Å². The molecule has 1 aliphatic heterocycles. The fourth-order valence-corrected chi connectivity index (χ4v) is 2.05. The number of carbonyl (C=O) groups excluding carboxylic acids is 1. The molecule has 0 bridgehead atoms. The number of nitrogens with zero attached hydrogens (tertiary/aromatic N) is 2. The molecule has 1 aromatic heterocycles. The van der Waals surface area contributed by atoms with Crippen molar-refractivity contribution in [2.75, 3.05) is 13.1 Å². The maximum Gasteiger partial charge on any atom is 0.253 e. The first-order valence-electron chi connectivity index (χ1n) is 5.49. The third-order valence-electron chi connectivity index (χ3n) is 3.10. The number of aryl methyl sites for hydroxylation is 1. The van der Waals surface area contributed by atoms with Crippen molar-refractivity contribution in [2.45, 2.75) is 13.3 Å². The minimum absolute atomic E-state index is 0.130. The number of aromatic amines is 1. The lowest BCUT2D eigenvalue weighted by atomic mass is 10.1. The van der Waals surface area contributed by atoms with Gasteiger partial charge in [-0.1, -0.05) is 0 Å². The van der Waals surface area contributed by atoms with Crippen LogP contribution in [0.3, 0.4) is 0 Å². The Morgan fingerprint density at radius 1 is 1.44 bits per heavy atom. The highest BCUT2D eigenvalue weighted by atomic mass is 16.2. The molecule has 82 valence electrons. The lowest BCUT2D eigenvalue weighted by Gasteiger charge is -2.31. The molecule has 1 amide bonds. The molecule has 0 radical (unpaired) electrons. The van der Waals surface area contributed by atoms with Crippen LogP contribution in [0.1, 0.15) is 22.3 Å². The Balaban J connectivity index is 2.06. The summed E-state index contributed by atoms with van der Waals surface area (Å²) in [5.41, 5.74) is 3.68. The third kappa shape index (κ3) is 1.30. The Labute approximate surface area is 93.3 Å². The van der Waals surface area contributed by atoms with Crippen molar-refractivity contribution in [3.8, 4) is 0 Å². The highest BCUT2D eigenvalue weighted by Crippen LogP contribution is 2.20. The van der Waals surface area contributed by atoms with E-state index in [1.54, 1.807) is 6.33 Å². The number of benzene rings is 1. The number of imidazole rings is 1. The molecule has 0 aliphatic carbocycles. The van der Waals surface area contributed by atoms with Gasteiger partial charge < -0.3 is 9.88 Å². The molecule has 1 aliphatic rings. The predicted octanol–water partition coefficient (Wildman–Crippen LogP) is 1.72. The van der Waals surface area contributed by atoms with Crippen LogP contribution >= 0.6 is 0 Å². The van der Waals surface area contributed by atoms with E-state index in [1.807, 2.05) is 24.0 Å². The van der Waals surface area contributed by atoms with Crippen LogP contribution in [0.5, 0.6) is 0 Å². The number of amides is 1. The van der Waals surface area contributed by atoms with Crippen LogP contribution in [-0.4, -0.2) is 33.9 Å². The van der Waals surface area contributed by atoms with Crippen LogP contribution in [-0.2, 0) is 0 Å². The number of likely N-dealkylation sites (tertiary alicyclic amines) is 1. The first-order valence-corrected chi connectivity index (χ1v) is 5.49. The van der Waals surface area contributed by atoms with Crippen LogP contribution in [0.15, 0.2) is 18.5 Å². The Hall–Kier alpha value is -1.84. The van der Waals surface area contributed by atoms with E-state index in [1.165, 1.54) is 0 Å². The number of nitrogens with one attached hydrogen (secondary N) is 1. The molecule has 4 heteroatoms. The topological polar surface area (TPSA) is 49.0 Å². The fourth-order valence-electron chi connectivity index (χ4n) is 2.05. The largest absolute Gasteiger partial charge is 0.345 e. The molecule has 0 spiro atoms. The second-order valence-electron chi connectivity index (χ2n) is 4.24. The van der Waals surface area contributed by atoms with Gasteiger partial charge in [-0.3, -0.25) is 4.79 Å². The van der Waals surface area contributed by atoms with Gasteiger partial charge in [-0.05, 0) is 31.0 Å². The van der Waals surface area contributed by atoms with Gasteiger partial charge in [-0.15, -0.1) is 0 Å². The summed E-state index contributed by atoms with van der Waals surface area (Å²) in [6.07, 6.45) is 2.78. The first kappa shape index (κ1) is 9.39. The summed E-state index contributed by atoms with van der Waals surface area (Å²) < 4.78 is 0. The third-order valence-corrected chi connectivity index (χ3v) is 3.10. The zero-order valence-corrected chi connectivity index (χ0v) is 9.16. The van der Waals surface area contributed by atoms with Crippen molar-refractivity contribution in [1.82, 2.24) is 14.9 Å². The summed E-state index contributed by atoms with van der Waals surface area (Å²) in [5.74, 6) is 0.130. The molecular formula is C12H13N3O. The van der Waals surface area contributed by atoms with Crippen molar-refractivity contribution in [3.63, 3.8) is 0 Å². The Morgan fingerprint density at radius 2 is 2.25 bits per heavy atom. The van der Waals surface area contributed by atoms with E-state index in [-0.39, 0.29) is 5.91 Å². The van der Waals surface area contributed by atoms with Gasteiger partial charge in [0.15, 0.2) is 0 Å². The predicted molar refractivity (Wildman–Crippen MR) is 61.4 cm³/mol. The number of aromatic nitrogens is 2. The van der Waals surface area contributed by atoms with Crippen LogP contribution in [0.2, 0.25) is 0 Å². The van der Waals surface area contributed by atoms with Crippen molar-refractivity contribution in [1.29, 1.82) is 0 Å². The van der Waals surface area contributed by atoms with Gasteiger partial charge in [0.05, 0.1) is 17.4 Å². The van der Waals surface area contributed by atoms with Gasteiger partial charge in [-0.2, -0.15) is 0 Å². The minimum Gasteiger partial charge on any atom is -0.345 e. The number of hydrogen-bond donors (Lipinski definition) is 1. The molecule has 3 rings (SSSR count). The molecule has 1 aromatic carbocycles. The van der Waals surface area contributed by atoms with Crippen molar-refractivity contribution in [3.05, 3.63) is 29.6 Å². The number of H-pyrrole nitrogens is 1. The standard InChI is InChI=1S/C12H13N3O/c1-8-5-9(12(16)15-3-2-4-15)6-10-11(8)14-7-13-10/h5-7H,2-4H2,1H3,(H,13,14). The van der Waals surface area contributed by atoms with Crippen LogP contribution < -0.4 is 0 Å². The fraction of sp³-hybridized carbons (Fsp3) is 0.333. The van der Waals surface area contributed by atoms with Crippen molar-refractivity contribution < 1.29 is 4.79 Å². The molecular weight excluding hydrogens is 202 g/mol. The minimum atomic E-state index is 0.130. The smallest absolute Gasteiger partial charge is 0.253 e. The maximum atomic E-state index is 12.0. The van der Waals surface area contributed by atoms with Crippen LogP contribution in [0.25, 0.3) is 11.0 Å². The Morgan fingerprint density at radius 3 is 2.94 bits per heavy atom. The second-order valence-corrected chi connectivity index (χ2v) is 4.24. The van der Waals surface area contributed by atoms with Gasteiger partial charge in [0.1, 0.15) is 0 Å². The SMILES string of the molecule is Cc1cc(C(=O)N2CCC2)cc2[nH]cnc12. The number of rotatable bonds is 1. The molecule has 2 aromatic rings. The van der Waals surface area contributed by atoms with E-state index < -0.39 is 0 Å². The highest BCUT2D eigenvalue weighted by Gasteiger charge is 2.22. The molecule has 0 unspecified atom stereocenters. The summed E-state index contributed by atoms with van der Waals surface area (Å²) in [7, 11) is 0. The van der Waals surface area contributed by atoms with Gasteiger partial charge in [-0.25, -0.2) is 4.98 Å². The highest BCUT2D eigenvalue weighted by molar-refractivity contribution is 5.98.